The quantitative estimate of drug-likeness (QED) is 0.398. The lowest BCUT2D eigenvalue weighted by Gasteiger charge is -2.38. The summed E-state index contributed by atoms with van der Waals surface area (Å²) in [6, 6.07) is -0.00328. The molecule has 5 nitrogen and oxygen atoms in total. The van der Waals surface area contributed by atoms with E-state index in [1.807, 2.05) is 26.8 Å². The third kappa shape index (κ3) is 8.36. The fourth-order valence-electron chi connectivity index (χ4n) is 2.56. The van der Waals surface area contributed by atoms with Crippen molar-refractivity contribution in [3.8, 4) is 0 Å². The first-order valence-electron chi connectivity index (χ1n) is 10.5. The van der Waals surface area contributed by atoms with Gasteiger partial charge in [-0.15, -0.1) is 6.58 Å². The monoisotopic (exact) mass is 433 g/mol. The van der Waals surface area contributed by atoms with Gasteiger partial charge in [-0.05, 0) is 58.2 Å². The zero-order chi connectivity index (χ0) is 21.6. The normalized spacial score (nSPS) is 20.6. The fraction of sp³-hybridized carbons (Fsp3) is 0.905. The summed E-state index contributed by atoms with van der Waals surface area (Å²) in [6.45, 7) is 23.3. The average Bonchev–Trinajstić information content (AvgIpc) is 2.58. The Balaban J connectivity index is 2.82. The third-order valence-corrected chi connectivity index (χ3v) is 11.8. The van der Waals surface area contributed by atoms with E-state index in [9.17, 15) is 4.21 Å². The van der Waals surface area contributed by atoms with Gasteiger partial charge < -0.3 is 13.9 Å². The van der Waals surface area contributed by atoms with Crippen molar-refractivity contribution in [2.24, 2.45) is 5.92 Å². The maximum atomic E-state index is 12.8. The highest BCUT2D eigenvalue weighted by molar-refractivity contribution is 7.84. The molecule has 3 atom stereocenters. The Morgan fingerprint density at radius 1 is 1.21 bits per heavy atom. The lowest BCUT2D eigenvalue weighted by atomic mass is 9.97. The maximum absolute atomic E-state index is 12.8. The van der Waals surface area contributed by atoms with E-state index in [1.165, 1.54) is 0 Å². The summed E-state index contributed by atoms with van der Waals surface area (Å²) in [5.41, 5.74) is 0. The van der Waals surface area contributed by atoms with Crippen LogP contribution < -0.4 is 4.72 Å². The molecule has 1 rings (SSSR count). The molecule has 0 amide bonds. The predicted octanol–water partition coefficient (Wildman–Crippen LogP) is 4.77. The minimum atomic E-state index is -1.86. The highest BCUT2D eigenvalue weighted by Gasteiger charge is 2.38. The molecule has 0 saturated carbocycles. The standard InChI is InChI=1S/C21H43NO4SSi/c1-10-17(16-26-28(8,9)21(5,6)7)18(22-27(23)20(2,3)4)12-13-19-24-14-11-15-25-19/h10,17-19,22H,1,11-16H2,2-9H3/t17-,18+,27?/m1/s1. The van der Waals surface area contributed by atoms with Crippen LogP contribution in [0.2, 0.25) is 18.1 Å². The van der Waals surface area contributed by atoms with Gasteiger partial charge in [0.1, 0.15) is 0 Å². The molecule has 0 radical (unpaired) electrons. The van der Waals surface area contributed by atoms with Crippen LogP contribution in [0.3, 0.4) is 0 Å². The molecule has 28 heavy (non-hydrogen) atoms. The van der Waals surface area contributed by atoms with E-state index in [4.69, 9.17) is 13.9 Å². The van der Waals surface area contributed by atoms with Crippen molar-refractivity contribution in [3.63, 3.8) is 0 Å². The van der Waals surface area contributed by atoms with Gasteiger partial charge in [-0.1, -0.05) is 26.8 Å². The number of hydrogen-bond acceptors (Lipinski definition) is 4. The Bertz CT molecular complexity index is 508. The van der Waals surface area contributed by atoms with E-state index < -0.39 is 19.3 Å². The van der Waals surface area contributed by atoms with Gasteiger partial charge >= 0.3 is 0 Å². The lowest BCUT2D eigenvalue weighted by molar-refractivity contribution is -0.182. The number of nitrogens with one attached hydrogen (secondary N) is 1. The van der Waals surface area contributed by atoms with Gasteiger partial charge in [-0.2, -0.15) is 0 Å². The molecule has 0 spiro atoms. The van der Waals surface area contributed by atoms with Gasteiger partial charge in [0.2, 0.25) is 0 Å². The molecule has 1 heterocycles. The molecule has 1 fully saturated rings. The van der Waals surface area contributed by atoms with Crippen LogP contribution >= 0.6 is 0 Å². The molecule has 166 valence electrons. The molecule has 0 aromatic heterocycles. The Kier molecular flexibility index (Phi) is 10.0. The smallest absolute Gasteiger partial charge is 0.192 e. The summed E-state index contributed by atoms with van der Waals surface area (Å²) >= 11 is 0. The van der Waals surface area contributed by atoms with Crippen LogP contribution in [0, 0.1) is 5.92 Å². The van der Waals surface area contributed by atoms with Crippen molar-refractivity contribution in [2.75, 3.05) is 19.8 Å². The second-order valence-electron chi connectivity index (χ2n) is 10.2. The summed E-state index contributed by atoms with van der Waals surface area (Å²) < 4.78 is 33.6. The zero-order valence-electron chi connectivity index (χ0n) is 19.3. The molecular weight excluding hydrogens is 390 g/mol. The van der Waals surface area contributed by atoms with Crippen LogP contribution in [0.1, 0.15) is 60.8 Å². The van der Waals surface area contributed by atoms with Crippen LogP contribution in [0.25, 0.3) is 0 Å². The third-order valence-electron chi connectivity index (χ3n) is 5.69. The van der Waals surface area contributed by atoms with Gasteiger partial charge in [0.15, 0.2) is 14.6 Å². The average molecular weight is 434 g/mol. The molecule has 0 aromatic carbocycles. The molecule has 0 aliphatic carbocycles. The van der Waals surface area contributed by atoms with Crippen LogP contribution in [0.4, 0.5) is 0 Å². The molecule has 1 aliphatic rings. The van der Waals surface area contributed by atoms with Crippen LogP contribution in [-0.4, -0.2) is 49.4 Å². The van der Waals surface area contributed by atoms with Gasteiger partial charge in [0.05, 0.1) is 28.9 Å². The molecular formula is C21H43NO4SSi. The topological polar surface area (TPSA) is 56.8 Å². The van der Waals surface area contributed by atoms with Crippen LogP contribution in [0.15, 0.2) is 12.7 Å². The van der Waals surface area contributed by atoms with Gasteiger partial charge in [-0.3, -0.25) is 0 Å². The Morgan fingerprint density at radius 2 is 1.79 bits per heavy atom. The fourth-order valence-corrected chi connectivity index (χ4v) is 4.53. The van der Waals surface area contributed by atoms with Gasteiger partial charge in [-0.25, -0.2) is 8.93 Å². The summed E-state index contributed by atoms with van der Waals surface area (Å²) in [5, 5.41) is 0.152. The minimum absolute atomic E-state index is 0.00328. The molecule has 1 aliphatic heterocycles. The van der Waals surface area contributed by atoms with Crippen molar-refractivity contribution in [1.82, 2.24) is 4.72 Å². The number of hydrogen-bond donors (Lipinski definition) is 1. The predicted molar refractivity (Wildman–Crippen MR) is 121 cm³/mol. The first-order chi connectivity index (χ1) is 12.8. The van der Waals surface area contributed by atoms with Crippen molar-refractivity contribution in [1.29, 1.82) is 0 Å². The SMILES string of the molecule is C=C[C@H](CO[Si](C)(C)C(C)(C)C)[C@H](CCC1OCCCO1)NS(=O)C(C)(C)C. The van der Waals surface area contributed by atoms with Crippen LogP contribution in [-0.2, 0) is 24.9 Å². The highest BCUT2D eigenvalue weighted by atomic mass is 32.2. The second kappa shape index (κ2) is 10.8. The van der Waals surface area contributed by atoms with E-state index in [0.717, 1.165) is 32.5 Å². The van der Waals surface area contributed by atoms with E-state index in [1.54, 1.807) is 0 Å². The molecule has 1 unspecified atom stereocenters. The summed E-state index contributed by atoms with van der Waals surface area (Å²) in [4.78, 5) is 0. The molecule has 1 N–H and O–H groups in total. The largest absolute Gasteiger partial charge is 0.416 e. The Hall–Kier alpha value is -0.0531. The molecule has 0 bridgehead atoms. The van der Waals surface area contributed by atoms with Gasteiger partial charge in [0.25, 0.3) is 0 Å². The lowest BCUT2D eigenvalue weighted by Crippen LogP contribution is -2.47. The van der Waals surface area contributed by atoms with E-state index in [2.05, 4.69) is 45.2 Å². The maximum Gasteiger partial charge on any atom is 0.192 e. The van der Waals surface area contributed by atoms with Crippen molar-refractivity contribution < 1.29 is 18.1 Å². The van der Waals surface area contributed by atoms with Crippen molar-refractivity contribution >= 4 is 19.3 Å². The molecule has 1 saturated heterocycles. The number of ether oxygens (including phenoxy) is 2. The highest BCUT2D eigenvalue weighted by Crippen LogP contribution is 2.37. The van der Waals surface area contributed by atoms with Crippen molar-refractivity contribution in [3.05, 3.63) is 12.7 Å². The Morgan fingerprint density at radius 3 is 2.25 bits per heavy atom. The minimum Gasteiger partial charge on any atom is -0.416 e. The van der Waals surface area contributed by atoms with Crippen molar-refractivity contribution in [2.45, 2.75) is 96.0 Å². The second-order valence-corrected chi connectivity index (χ2v) is 17.0. The first-order valence-corrected chi connectivity index (χ1v) is 14.5. The summed E-state index contributed by atoms with van der Waals surface area (Å²) in [7, 11) is -3.02. The summed E-state index contributed by atoms with van der Waals surface area (Å²) in [6.07, 6.45) is 4.27. The number of rotatable bonds is 10. The molecule has 7 heteroatoms. The van der Waals surface area contributed by atoms with Gasteiger partial charge in [0, 0.05) is 18.6 Å². The molecule has 0 aromatic rings. The Labute approximate surface area is 176 Å². The zero-order valence-corrected chi connectivity index (χ0v) is 21.1. The van der Waals surface area contributed by atoms with E-state index in [0.29, 0.717) is 6.61 Å². The summed E-state index contributed by atoms with van der Waals surface area (Å²) in [5.74, 6) is 0.0732. The van der Waals surface area contributed by atoms with Crippen LogP contribution in [0.5, 0.6) is 0 Å². The first kappa shape index (κ1) is 26.0. The van der Waals surface area contributed by atoms with E-state index >= 15 is 0 Å². The van der Waals surface area contributed by atoms with E-state index in [-0.39, 0.29) is 28.0 Å².